The first-order valence-corrected chi connectivity index (χ1v) is 9.29. The minimum atomic E-state index is -1.14. The third kappa shape index (κ3) is 4.33. The number of ether oxygens (including phenoxy) is 1. The van der Waals surface area contributed by atoms with E-state index in [0.717, 1.165) is 21.3 Å². The Morgan fingerprint density at radius 3 is 2.04 bits per heavy atom. The predicted molar refractivity (Wildman–Crippen MR) is 108 cm³/mol. The number of hydrogen-bond donors (Lipinski definition) is 2. The highest BCUT2D eigenvalue weighted by atomic mass is 79.9. The number of aliphatic hydroxyl groups is 1. The van der Waals surface area contributed by atoms with Crippen LogP contribution in [0.2, 0.25) is 0 Å². The van der Waals surface area contributed by atoms with Crippen LogP contribution in [-0.2, 0) is 12.1 Å². The molecule has 0 radical (unpaired) electrons. The van der Waals surface area contributed by atoms with Gasteiger partial charge < -0.3 is 15.2 Å². The van der Waals surface area contributed by atoms with Crippen LogP contribution < -0.4 is 10.1 Å². The summed E-state index contributed by atoms with van der Waals surface area (Å²) in [6.45, 7) is 1.09. The molecule has 3 rings (SSSR count). The Balaban J connectivity index is 1.86. The van der Waals surface area contributed by atoms with Crippen LogP contribution in [0.15, 0.2) is 83.3 Å². The van der Waals surface area contributed by atoms with E-state index < -0.39 is 5.60 Å². The maximum absolute atomic E-state index is 11.6. The molecule has 3 aromatic rings. The molecule has 0 aliphatic carbocycles. The second-order valence-corrected chi connectivity index (χ2v) is 7.10. The van der Waals surface area contributed by atoms with E-state index in [-0.39, 0.29) is 0 Å². The van der Waals surface area contributed by atoms with Crippen LogP contribution in [0.1, 0.15) is 16.7 Å². The summed E-state index contributed by atoms with van der Waals surface area (Å²) in [5.74, 6) is 0.768. The Morgan fingerprint density at radius 2 is 1.46 bits per heavy atom. The van der Waals surface area contributed by atoms with Crippen LogP contribution in [0.5, 0.6) is 5.75 Å². The molecule has 0 saturated heterocycles. The Bertz CT molecular complexity index is 819. The smallest absolute Gasteiger partial charge is 0.127 e. The maximum Gasteiger partial charge on any atom is 0.127 e. The van der Waals surface area contributed by atoms with Gasteiger partial charge in [0, 0.05) is 17.6 Å². The Morgan fingerprint density at radius 1 is 0.885 bits per heavy atom. The zero-order chi connectivity index (χ0) is 18.4. The highest BCUT2D eigenvalue weighted by molar-refractivity contribution is 9.10. The first kappa shape index (κ1) is 18.6. The van der Waals surface area contributed by atoms with E-state index in [1.807, 2.05) is 66.7 Å². The van der Waals surface area contributed by atoms with Gasteiger partial charge in [0.2, 0.25) is 0 Å². The third-order valence-corrected chi connectivity index (χ3v) is 4.97. The maximum atomic E-state index is 11.6. The average Bonchev–Trinajstić information content (AvgIpc) is 2.69. The highest BCUT2D eigenvalue weighted by Crippen LogP contribution is 2.31. The Hall–Kier alpha value is -2.14. The fourth-order valence-electron chi connectivity index (χ4n) is 2.95. The van der Waals surface area contributed by atoms with Crippen molar-refractivity contribution in [1.29, 1.82) is 0 Å². The van der Waals surface area contributed by atoms with Crippen molar-refractivity contribution in [2.75, 3.05) is 13.7 Å². The predicted octanol–water partition coefficient (Wildman–Crippen LogP) is 4.48. The summed E-state index contributed by atoms with van der Waals surface area (Å²) >= 11 is 3.46. The van der Waals surface area contributed by atoms with Gasteiger partial charge in [0.05, 0.1) is 7.11 Å². The summed E-state index contributed by atoms with van der Waals surface area (Å²) in [6, 6.07) is 25.5. The van der Waals surface area contributed by atoms with Crippen LogP contribution >= 0.6 is 15.9 Å². The molecule has 0 spiro atoms. The third-order valence-electron chi connectivity index (χ3n) is 4.44. The fraction of sp³-hybridized carbons (Fsp3) is 0.182. The van der Waals surface area contributed by atoms with Crippen LogP contribution in [0, 0.1) is 0 Å². The molecule has 0 aliphatic rings. The van der Waals surface area contributed by atoms with Gasteiger partial charge in [-0.3, -0.25) is 0 Å². The lowest BCUT2D eigenvalue weighted by atomic mass is 9.86. The second-order valence-electron chi connectivity index (χ2n) is 6.18. The van der Waals surface area contributed by atoms with Crippen molar-refractivity contribution in [2.24, 2.45) is 0 Å². The Labute approximate surface area is 162 Å². The van der Waals surface area contributed by atoms with Gasteiger partial charge in [0.15, 0.2) is 0 Å². The van der Waals surface area contributed by atoms with Crippen molar-refractivity contribution in [3.8, 4) is 5.75 Å². The molecule has 134 valence electrons. The molecule has 0 saturated carbocycles. The number of hydrogen-bond acceptors (Lipinski definition) is 3. The monoisotopic (exact) mass is 411 g/mol. The summed E-state index contributed by atoms with van der Waals surface area (Å²) in [5.41, 5.74) is 1.70. The molecule has 0 fully saturated rings. The van der Waals surface area contributed by atoms with Gasteiger partial charge in [-0.05, 0) is 41.0 Å². The number of halogens is 1. The summed E-state index contributed by atoms with van der Waals surface area (Å²) in [7, 11) is 1.64. The molecule has 4 heteroatoms. The van der Waals surface area contributed by atoms with Gasteiger partial charge >= 0.3 is 0 Å². The molecule has 2 N–H and O–H groups in total. The second kappa shape index (κ2) is 8.49. The molecule has 1 atom stereocenters. The summed E-state index contributed by atoms with van der Waals surface area (Å²) in [4.78, 5) is 0. The molecule has 3 aromatic carbocycles. The molecular formula is C22H22BrNO2. The van der Waals surface area contributed by atoms with Crippen LogP contribution in [0.4, 0.5) is 0 Å². The molecule has 0 heterocycles. The number of rotatable bonds is 7. The van der Waals surface area contributed by atoms with Gasteiger partial charge in [-0.25, -0.2) is 0 Å². The first-order chi connectivity index (χ1) is 12.6. The minimum Gasteiger partial charge on any atom is -0.497 e. The van der Waals surface area contributed by atoms with E-state index >= 15 is 0 Å². The van der Waals surface area contributed by atoms with E-state index in [1.54, 1.807) is 7.11 Å². The van der Waals surface area contributed by atoms with Gasteiger partial charge in [0.25, 0.3) is 0 Å². The normalized spacial score (nSPS) is 13.2. The SMILES string of the molecule is COc1ccc([C@](O)(CNCc2ccccc2)c2ccc(Br)cc2)cc1. The largest absolute Gasteiger partial charge is 0.497 e. The van der Waals surface area contributed by atoms with Crippen molar-refractivity contribution < 1.29 is 9.84 Å². The lowest BCUT2D eigenvalue weighted by molar-refractivity contribution is 0.0795. The molecule has 0 unspecified atom stereocenters. The average molecular weight is 412 g/mol. The van der Waals surface area contributed by atoms with Gasteiger partial charge in [0.1, 0.15) is 11.4 Å². The van der Waals surface area contributed by atoms with E-state index in [1.165, 1.54) is 5.56 Å². The molecule has 0 aromatic heterocycles. The van der Waals surface area contributed by atoms with E-state index in [9.17, 15) is 5.11 Å². The van der Waals surface area contributed by atoms with Crippen molar-refractivity contribution in [3.63, 3.8) is 0 Å². The van der Waals surface area contributed by atoms with Crippen molar-refractivity contribution in [2.45, 2.75) is 12.1 Å². The van der Waals surface area contributed by atoms with Gasteiger partial charge in [-0.15, -0.1) is 0 Å². The van der Waals surface area contributed by atoms with Crippen molar-refractivity contribution in [3.05, 3.63) is 100 Å². The molecule has 0 aliphatic heterocycles. The topological polar surface area (TPSA) is 41.5 Å². The molecular weight excluding hydrogens is 390 g/mol. The summed E-state index contributed by atoms with van der Waals surface area (Å²) < 4.78 is 6.22. The van der Waals surface area contributed by atoms with Gasteiger partial charge in [-0.2, -0.15) is 0 Å². The summed E-state index contributed by atoms with van der Waals surface area (Å²) in [5, 5.41) is 15.0. The summed E-state index contributed by atoms with van der Waals surface area (Å²) in [6.07, 6.45) is 0. The van der Waals surface area contributed by atoms with Gasteiger partial charge in [-0.1, -0.05) is 70.5 Å². The van der Waals surface area contributed by atoms with Crippen molar-refractivity contribution in [1.82, 2.24) is 5.32 Å². The standard InChI is InChI=1S/C22H22BrNO2/c1-26-21-13-9-19(10-14-21)22(25,18-7-11-20(23)12-8-18)16-24-15-17-5-3-2-4-6-17/h2-14,24-25H,15-16H2,1H3/t22-/m0/s1. The molecule has 26 heavy (non-hydrogen) atoms. The van der Waals surface area contributed by atoms with Crippen LogP contribution in [0.25, 0.3) is 0 Å². The van der Waals surface area contributed by atoms with E-state index in [0.29, 0.717) is 13.1 Å². The van der Waals surface area contributed by atoms with Crippen LogP contribution in [0.3, 0.4) is 0 Å². The molecule has 3 nitrogen and oxygen atoms in total. The lowest BCUT2D eigenvalue weighted by Crippen LogP contribution is -2.39. The zero-order valence-electron chi connectivity index (χ0n) is 14.7. The molecule has 0 bridgehead atoms. The number of methoxy groups -OCH3 is 1. The van der Waals surface area contributed by atoms with E-state index in [4.69, 9.17) is 4.74 Å². The minimum absolute atomic E-state index is 0.399. The quantitative estimate of drug-likeness (QED) is 0.601. The fourth-order valence-corrected chi connectivity index (χ4v) is 3.21. The van der Waals surface area contributed by atoms with E-state index in [2.05, 4.69) is 33.4 Å². The Kier molecular flexibility index (Phi) is 6.09. The number of nitrogens with one attached hydrogen (secondary N) is 1. The number of benzene rings is 3. The zero-order valence-corrected chi connectivity index (χ0v) is 16.2. The van der Waals surface area contributed by atoms with Crippen LogP contribution in [-0.4, -0.2) is 18.8 Å². The van der Waals surface area contributed by atoms with Crippen molar-refractivity contribution >= 4 is 15.9 Å². The lowest BCUT2D eigenvalue weighted by Gasteiger charge is -2.30. The molecule has 0 amide bonds. The first-order valence-electron chi connectivity index (χ1n) is 8.49. The highest BCUT2D eigenvalue weighted by Gasteiger charge is 2.31.